The van der Waals surface area contributed by atoms with E-state index >= 15 is 0 Å². The molecular formula is C34H34O3. The van der Waals surface area contributed by atoms with Gasteiger partial charge in [0, 0.05) is 0 Å². The van der Waals surface area contributed by atoms with Gasteiger partial charge in [-0.1, -0.05) is 103 Å². The number of aryl methyl sites for hydroxylation is 1. The zero-order valence-electron chi connectivity index (χ0n) is 21.4. The van der Waals surface area contributed by atoms with Gasteiger partial charge >= 0.3 is 5.97 Å². The molecule has 3 heteroatoms. The molecule has 1 aliphatic rings. The second kappa shape index (κ2) is 11.1. The fourth-order valence-corrected chi connectivity index (χ4v) is 5.18. The molecule has 1 atom stereocenters. The molecule has 0 saturated heterocycles. The second-order valence-electron chi connectivity index (χ2n) is 9.94. The Bertz CT molecular complexity index is 1320. The van der Waals surface area contributed by atoms with Crippen LogP contribution in [0.4, 0.5) is 0 Å². The first kappa shape index (κ1) is 25.0. The summed E-state index contributed by atoms with van der Waals surface area (Å²) in [5, 5.41) is 11.0. The van der Waals surface area contributed by atoms with Gasteiger partial charge in [0.2, 0.25) is 0 Å². The van der Waals surface area contributed by atoms with Crippen molar-refractivity contribution in [1.29, 1.82) is 0 Å². The standard InChI is InChI=1S/C34H34O3/c1-2-37-33(36)34(23-24-34)29-21-19-27(20-22-29)26-15-17-28(18-16-26)30-12-6-7-13-31(30)32(35)14-8-11-25-9-4-3-5-10-25/h3-7,9-10,12-13,15-22,32,35H,2,8,11,14,23-24H2,1H3. The van der Waals surface area contributed by atoms with E-state index in [1.165, 1.54) is 5.56 Å². The van der Waals surface area contributed by atoms with Gasteiger partial charge in [0.05, 0.1) is 18.1 Å². The highest BCUT2D eigenvalue weighted by molar-refractivity contribution is 5.87. The number of aliphatic hydroxyl groups excluding tert-OH is 1. The van der Waals surface area contributed by atoms with E-state index in [1.54, 1.807) is 0 Å². The van der Waals surface area contributed by atoms with Crippen molar-refractivity contribution in [2.45, 2.75) is 50.5 Å². The Labute approximate surface area is 219 Å². The third kappa shape index (κ3) is 5.52. The van der Waals surface area contributed by atoms with Crippen LogP contribution in [0.15, 0.2) is 103 Å². The van der Waals surface area contributed by atoms with Gasteiger partial charge in [0.25, 0.3) is 0 Å². The Hall–Kier alpha value is -3.69. The Morgan fingerprint density at radius 3 is 2.05 bits per heavy atom. The average molecular weight is 491 g/mol. The first-order chi connectivity index (χ1) is 18.1. The molecule has 3 nitrogen and oxygen atoms in total. The van der Waals surface area contributed by atoms with Gasteiger partial charge in [-0.25, -0.2) is 0 Å². The van der Waals surface area contributed by atoms with Crippen LogP contribution in [0.1, 0.15) is 55.4 Å². The molecule has 0 aliphatic heterocycles. The summed E-state index contributed by atoms with van der Waals surface area (Å²) in [6.45, 7) is 2.27. The summed E-state index contributed by atoms with van der Waals surface area (Å²) >= 11 is 0. The molecule has 1 aliphatic carbocycles. The topological polar surface area (TPSA) is 46.5 Å². The van der Waals surface area contributed by atoms with Gasteiger partial charge in [0.15, 0.2) is 0 Å². The highest BCUT2D eigenvalue weighted by Gasteiger charge is 2.52. The second-order valence-corrected chi connectivity index (χ2v) is 9.94. The zero-order valence-corrected chi connectivity index (χ0v) is 21.4. The third-order valence-electron chi connectivity index (χ3n) is 7.49. The van der Waals surface area contributed by atoms with Gasteiger partial charge < -0.3 is 9.84 Å². The van der Waals surface area contributed by atoms with Gasteiger partial charge in [-0.2, -0.15) is 0 Å². The van der Waals surface area contributed by atoms with Crippen LogP contribution in [-0.2, 0) is 21.4 Å². The van der Waals surface area contributed by atoms with Crippen LogP contribution in [0.5, 0.6) is 0 Å². The fraction of sp³-hybridized carbons (Fsp3) is 0.265. The molecule has 1 fully saturated rings. The highest BCUT2D eigenvalue weighted by atomic mass is 16.5. The van der Waals surface area contributed by atoms with E-state index in [4.69, 9.17) is 4.74 Å². The zero-order chi connectivity index (χ0) is 25.7. The normalized spacial score (nSPS) is 14.6. The number of benzene rings is 4. The predicted molar refractivity (Wildman–Crippen MR) is 149 cm³/mol. The van der Waals surface area contributed by atoms with E-state index in [0.29, 0.717) is 6.61 Å². The number of hydrogen-bond donors (Lipinski definition) is 1. The van der Waals surface area contributed by atoms with Crippen LogP contribution in [0.2, 0.25) is 0 Å². The van der Waals surface area contributed by atoms with Crippen molar-refractivity contribution in [1.82, 2.24) is 0 Å². The Morgan fingerprint density at radius 1 is 0.811 bits per heavy atom. The summed E-state index contributed by atoms with van der Waals surface area (Å²) in [7, 11) is 0. The predicted octanol–water partition coefficient (Wildman–Crippen LogP) is 7.67. The van der Waals surface area contributed by atoms with Crippen molar-refractivity contribution in [3.8, 4) is 22.3 Å². The minimum atomic E-state index is -0.499. The number of rotatable bonds is 10. The van der Waals surface area contributed by atoms with E-state index in [2.05, 4.69) is 78.9 Å². The lowest BCUT2D eigenvalue weighted by Crippen LogP contribution is -2.23. The molecule has 4 aromatic rings. The fourth-order valence-electron chi connectivity index (χ4n) is 5.18. The summed E-state index contributed by atoms with van der Waals surface area (Å²) in [6, 6.07) is 35.4. The quantitative estimate of drug-likeness (QED) is 0.232. The summed E-state index contributed by atoms with van der Waals surface area (Å²) in [6.07, 6.45) is 3.85. The first-order valence-electron chi connectivity index (χ1n) is 13.3. The Balaban J connectivity index is 1.28. The van der Waals surface area contributed by atoms with Crippen LogP contribution in [0.25, 0.3) is 22.3 Å². The van der Waals surface area contributed by atoms with Crippen LogP contribution in [0.3, 0.4) is 0 Å². The molecule has 0 aromatic heterocycles. The van der Waals surface area contributed by atoms with Gasteiger partial charge in [0.1, 0.15) is 0 Å². The molecule has 4 aromatic carbocycles. The van der Waals surface area contributed by atoms with Crippen LogP contribution < -0.4 is 0 Å². The lowest BCUT2D eigenvalue weighted by atomic mass is 9.91. The first-order valence-corrected chi connectivity index (χ1v) is 13.3. The molecule has 0 heterocycles. The van der Waals surface area contributed by atoms with Gasteiger partial charge in [-0.15, -0.1) is 0 Å². The number of carbonyl (C=O) groups excluding carboxylic acids is 1. The number of carbonyl (C=O) groups is 1. The van der Waals surface area contributed by atoms with Crippen molar-refractivity contribution >= 4 is 5.97 Å². The smallest absolute Gasteiger partial charge is 0.316 e. The summed E-state index contributed by atoms with van der Waals surface area (Å²) in [4.78, 5) is 12.4. The molecule has 5 rings (SSSR count). The summed E-state index contributed by atoms with van der Waals surface area (Å²) in [5.74, 6) is -0.104. The largest absolute Gasteiger partial charge is 0.465 e. The van der Waals surface area contributed by atoms with E-state index in [9.17, 15) is 9.90 Å². The number of ether oxygens (including phenoxy) is 1. The Morgan fingerprint density at radius 2 is 1.41 bits per heavy atom. The number of hydrogen-bond acceptors (Lipinski definition) is 3. The van der Waals surface area contributed by atoms with E-state index in [0.717, 1.165) is 65.5 Å². The third-order valence-corrected chi connectivity index (χ3v) is 7.49. The lowest BCUT2D eigenvalue weighted by molar-refractivity contribution is -0.146. The monoisotopic (exact) mass is 490 g/mol. The molecular weight excluding hydrogens is 456 g/mol. The van der Waals surface area contributed by atoms with Crippen LogP contribution in [-0.4, -0.2) is 17.7 Å². The summed E-state index contributed by atoms with van der Waals surface area (Å²) < 4.78 is 5.31. The van der Waals surface area contributed by atoms with Gasteiger partial charge in [-0.05, 0) is 78.0 Å². The number of esters is 1. The maximum atomic E-state index is 12.4. The van der Waals surface area contributed by atoms with E-state index in [-0.39, 0.29) is 5.97 Å². The molecule has 1 N–H and O–H groups in total. The number of aliphatic hydroxyl groups is 1. The molecule has 1 saturated carbocycles. The average Bonchev–Trinajstić information content (AvgIpc) is 3.76. The molecule has 0 bridgehead atoms. The van der Waals surface area contributed by atoms with Crippen LogP contribution >= 0.6 is 0 Å². The Kier molecular flexibility index (Phi) is 7.52. The lowest BCUT2D eigenvalue weighted by Gasteiger charge is -2.17. The van der Waals surface area contributed by atoms with E-state index in [1.807, 2.05) is 31.2 Å². The summed E-state index contributed by atoms with van der Waals surface area (Å²) in [5.41, 5.74) is 7.28. The maximum absolute atomic E-state index is 12.4. The van der Waals surface area contributed by atoms with Crippen molar-refractivity contribution in [2.24, 2.45) is 0 Å². The van der Waals surface area contributed by atoms with Gasteiger partial charge in [-0.3, -0.25) is 4.79 Å². The van der Waals surface area contributed by atoms with E-state index < -0.39 is 11.5 Å². The van der Waals surface area contributed by atoms with Crippen molar-refractivity contribution in [3.63, 3.8) is 0 Å². The minimum absolute atomic E-state index is 0.104. The molecule has 0 amide bonds. The minimum Gasteiger partial charge on any atom is -0.465 e. The van der Waals surface area contributed by atoms with Crippen molar-refractivity contribution < 1.29 is 14.6 Å². The highest BCUT2D eigenvalue weighted by Crippen LogP contribution is 2.49. The molecule has 188 valence electrons. The van der Waals surface area contributed by atoms with Crippen molar-refractivity contribution in [3.05, 3.63) is 120 Å². The molecule has 0 spiro atoms. The SMILES string of the molecule is CCOC(=O)C1(c2ccc(-c3ccc(-c4ccccc4C(O)CCCc4ccccc4)cc3)cc2)CC1. The molecule has 37 heavy (non-hydrogen) atoms. The van der Waals surface area contributed by atoms with Crippen LogP contribution in [0, 0.1) is 0 Å². The van der Waals surface area contributed by atoms with Crippen molar-refractivity contribution in [2.75, 3.05) is 6.61 Å². The molecule has 0 radical (unpaired) electrons. The molecule has 1 unspecified atom stereocenters. The maximum Gasteiger partial charge on any atom is 0.316 e.